The number of carbonyl (C=O) groups excluding carboxylic acids is 2. The summed E-state index contributed by atoms with van der Waals surface area (Å²) < 4.78 is 27.2. The monoisotopic (exact) mass is 591 g/mol. The number of nitrogens with two attached hydrogens (primary N) is 1. The van der Waals surface area contributed by atoms with E-state index in [4.69, 9.17) is 38.4 Å². The lowest BCUT2D eigenvalue weighted by atomic mass is 9.94. The van der Waals surface area contributed by atoms with Gasteiger partial charge in [0.05, 0.1) is 51.8 Å². The van der Waals surface area contributed by atoms with Crippen molar-refractivity contribution in [3.8, 4) is 0 Å². The maximum atomic E-state index is 15.7. The van der Waals surface area contributed by atoms with Crippen molar-refractivity contribution in [3.63, 3.8) is 0 Å². The minimum atomic E-state index is -1.55. The van der Waals surface area contributed by atoms with Crippen LogP contribution in [0.15, 0.2) is 42.0 Å². The van der Waals surface area contributed by atoms with Crippen LogP contribution >= 0.6 is 34.5 Å². The molecule has 1 aliphatic carbocycles. The number of hydrogen-bond acceptors (Lipinski definition) is 8. The van der Waals surface area contributed by atoms with Gasteiger partial charge in [-0.15, -0.1) is 0 Å². The number of thiazole rings is 1. The molecule has 1 saturated heterocycles. The topological polar surface area (TPSA) is 94.7 Å². The molecule has 206 valence electrons. The highest BCUT2D eigenvalue weighted by molar-refractivity contribution is 7.22. The third kappa shape index (κ3) is 6.06. The quantitative estimate of drug-likeness (QED) is 0.238. The normalized spacial score (nSPS) is 17.7. The second-order valence-corrected chi connectivity index (χ2v) is 11.8. The molecule has 11 heteroatoms. The number of anilines is 1. The van der Waals surface area contributed by atoms with E-state index in [1.807, 2.05) is 4.90 Å². The number of Topliss-reactive ketones (excluding diaryl/α,β-unsaturated/α-hetero) is 1. The van der Waals surface area contributed by atoms with Gasteiger partial charge in [0.25, 0.3) is 0 Å². The summed E-state index contributed by atoms with van der Waals surface area (Å²) in [6.45, 7) is 0.655. The van der Waals surface area contributed by atoms with E-state index >= 15 is 4.39 Å². The minimum absolute atomic E-state index is 0.0940. The fourth-order valence-electron chi connectivity index (χ4n) is 4.65. The van der Waals surface area contributed by atoms with Gasteiger partial charge >= 0.3 is 5.97 Å². The van der Waals surface area contributed by atoms with Gasteiger partial charge in [-0.1, -0.05) is 40.6 Å². The molecule has 2 aromatic carbocycles. The van der Waals surface area contributed by atoms with Gasteiger partial charge in [-0.25, -0.2) is 14.2 Å². The van der Waals surface area contributed by atoms with Crippen LogP contribution in [-0.4, -0.2) is 55.8 Å². The Balaban J connectivity index is 1.23. The summed E-state index contributed by atoms with van der Waals surface area (Å²) in [6.07, 6.45) is 2.09. The molecule has 0 amide bonds. The SMILES string of the molecule is COC(=O)c1ccc2nc(N3CCC(F)(COCC(C(=O)C4CC4)=C(N)c4c(Cl)cccc4Cl)CC3)sc2c1. The smallest absolute Gasteiger partial charge is 0.337 e. The van der Waals surface area contributed by atoms with Gasteiger partial charge in [-0.2, -0.15) is 0 Å². The van der Waals surface area contributed by atoms with Crippen molar-refractivity contribution in [2.45, 2.75) is 31.4 Å². The highest BCUT2D eigenvalue weighted by Gasteiger charge is 2.37. The molecule has 0 unspecified atom stereocenters. The van der Waals surface area contributed by atoms with Crippen LogP contribution in [0.4, 0.5) is 9.52 Å². The minimum Gasteiger partial charge on any atom is -0.465 e. The average molecular weight is 593 g/mol. The van der Waals surface area contributed by atoms with E-state index in [1.54, 1.807) is 36.4 Å². The number of hydrogen-bond donors (Lipinski definition) is 1. The molecule has 0 atom stereocenters. The zero-order chi connectivity index (χ0) is 27.7. The molecule has 1 aliphatic heterocycles. The predicted molar refractivity (Wildman–Crippen MR) is 152 cm³/mol. The number of rotatable bonds is 9. The van der Waals surface area contributed by atoms with Crippen LogP contribution in [0.25, 0.3) is 15.9 Å². The van der Waals surface area contributed by atoms with Crippen LogP contribution in [0.2, 0.25) is 10.0 Å². The Morgan fingerprint density at radius 2 is 1.87 bits per heavy atom. The first kappa shape index (κ1) is 27.8. The van der Waals surface area contributed by atoms with Crippen LogP contribution in [0.3, 0.4) is 0 Å². The fourth-order valence-corrected chi connectivity index (χ4v) is 6.31. The summed E-state index contributed by atoms with van der Waals surface area (Å²) in [6, 6.07) is 10.2. The Kier molecular flexibility index (Phi) is 8.14. The van der Waals surface area contributed by atoms with E-state index in [2.05, 4.69) is 4.98 Å². The number of esters is 1. The number of fused-ring (bicyclic) bond motifs is 1. The fraction of sp³-hybridized carbons (Fsp3) is 0.393. The second kappa shape index (κ2) is 11.4. The molecule has 39 heavy (non-hydrogen) atoms. The summed E-state index contributed by atoms with van der Waals surface area (Å²) >= 11 is 14.1. The summed E-state index contributed by atoms with van der Waals surface area (Å²) in [5, 5.41) is 1.46. The van der Waals surface area contributed by atoms with Crippen molar-refractivity contribution < 1.29 is 23.5 Å². The van der Waals surface area contributed by atoms with Gasteiger partial charge in [0, 0.05) is 43.0 Å². The molecule has 5 rings (SSSR count). The largest absolute Gasteiger partial charge is 0.465 e. The van der Waals surface area contributed by atoms with Gasteiger partial charge in [0.1, 0.15) is 5.67 Å². The molecule has 2 fully saturated rings. The van der Waals surface area contributed by atoms with E-state index in [9.17, 15) is 9.59 Å². The molecule has 7 nitrogen and oxygen atoms in total. The molecule has 0 spiro atoms. The van der Waals surface area contributed by atoms with E-state index in [-0.39, 0.29) is 49.0 Å². The van der Waals surface area contributed by atoms with Gasteiger partial charge < -0.3 is 20.1 Å². The summed E-state index contributed by atoms with van der Waals surface area (Å²) in [5.74, 6) is -0.596. The van der Waals surface area contributed by atoms with Gasteiger partial charge in [-0.3, -0.25) is 4.79 Å². The number of benzene rings is 2. The summed E-state index contributed by atoms with van der Waals surface area (Å²) in [5.41, 5.74) is 6.94. The molecule has 3 aromatic rings. The van der Waals surface area contributed by atoms with Crippen LogP contribution in [0.1, 0.15) is 41.6 Å². The molecule has 2 heterocycles. The first-order valence-corrected chi connectivity index (χ1v) is 14.2. The Hall–Kier alpha value is -2.72. The van der Waals surface area contributed by atoms with Crippen molar-refractivity contribution in [2.24, 2.45) is 11.7 Å². The van der Waals surface area contributed by atoms with Gasteiger partial charge in [-0.05, 0) is 43.2 Å². The van der Waals surface area contributed by atoms with Gasteiger partial charge in [0.15, 0.2) is 10.9 Å². The predicted octanol–water partition coefficient (Wildman–Crippen LogP) is 6.06. The van der Waals surface area contributed by atoms with Crippen LogP contribution < -0.4 is 10.6 Å². The third-order valence-corrected chi connectivity index (χ3v) is 8.85. The van der Waals surface area contributed by atoms with E-state index in [1.165, 1.54) is 18.4 Å². The van der Waals surface area contributed by atoms with Gasteiger partial charge in [0.2, 0.25) is 0 Å². The number of nitrogens with zero attached hydrogens (tertiary/aromatic N) is 2. The lowest BCUT2D eigenvalue weighted by Gasteiger charge is -2.36. The Labute approximate surface area is 239 Å². The molecular formula is C28H28Cl2FN3O4S. The van der Waals surface area contributed by atoms with E-state index in [0.717, 1.165) is 28.2 Å². The Morgan fingerprint density at radius 1 is 1.18 bits per heavy atom. The molecular weight excluding hydrogens is 564 g/mol. The van der Waals surface area contributed by atoms with Crippen molar-refractivity contribution in [3.05, 3.63) is 63.1 Å². The Bertz CT molecular complexity index is 1430. The van der Waals surface area contributed by atoms with Crippen molar-refractivity contribution >= 4 is 67.3 Å². The average Bonchev–Trinajstić information content (AvgIpc) is 3.69. The molecule has 0 radical (unpaired) electrons. The van der Waals surface area contributed by atoms with Crippen molar-refractivity contribution in [1.29, 1.82) is 0 Å². The standard InChI is InChI=1S/C28H28Cl2FN3O4S/c1-37-26(36)17-7-8-21-22(13-17)39-27(33-21)34-11-9-28(31,10-12-34)15-38-14-18(25(35)16-5-6-16)24(32)23-19(29)3-2-4-20(23)30/h2-4,7-8,13,16H,5-6,9-12,14-15,32H2,1H3. The van der Waals surface area contributed by atoms with Crippen LogP contribution in [0.5, 0.6) is 0 Å². The van der Waals surface area contributed by atoms with Crippen LogP contribution in [-0.2, 0) is 14.3 Å². The molecule has 0 bridgehead atoms. The molecule has 2 aliphatic rings. The number of alkyl halides is 1. The lowest BCUT2D eigenvalue weighted by molar-refractivity contribution is -0.117. The number of piperidine rings is 1. The molecule has 1 saturated carbocycles. The number of ether oxygens (including phenoxy) is 2. The number of ketones is 1. The van der Waals surface area contributed by atoms with Crippen molar-refractivity contribution in [2.75, 3.05) is 38.3 Å². The summed E-state index contributed by atoms with van der Waals surface area (Å²) in [4.78, 5) is 31.6. The van der Waals surface area contributed by atoms with Crippen molar-refractivity contribution in [1.82, 2.24) is 4.98 Å². The first-order valence-electron chi connectivity index (χ1n) is 12.7. The van der Waals surface area contributed by atoms with E-state index < -0.39 is 11.6 Å². The third-order valence-electron chi connectivity index (χ3n) is 7.14. The number of carbonyl (C=O) groups is 2. The number of methoxy groups -OCH3 is 1. The maximum absolute atomic E-state index is 15.7. The molecule has 2 N–H and O–H groups in total. The Morgan fingerprint density at radius 3 is 2.51 bits per heavy atom. The second-order valence-electron chi connectivity index (χ2n) is 9.93. The maximum Gasteiger partial charge on any atom is 0.337 e. The molecule has 1 aromatic heterocycles. The number of halogens is 3. The highest BCUT2D eigenvalue weighted by Crippen LogP contribution is 2.38. The van der Waals surface area contributed by atoms with Crippen LogP contribution in [0, 0.1) is 5.92 Å². The zero-order valence-electron chi connectivity index (χ0n) is 21.3. The zero-order valence-corrected chi connectivity index (χ0v) is 23.7. The van der Waals surface area contributed by atoms with E-state index in [0.29, 0.717) is 34.3 Å². The number of aromatic nitrogens is 1. The summed E-state index contributed by atoms with van der Waals surface area (Å²) in [7, 11) is 1.34. The lowest BCUT2D eigenvalue weighted by Crippen LogP contribution is -2.44. The first-order chi connectivity index (χ1) is 18.7. The highest BCUT2D eigenvalue weighted by atomic mass is 35.5.